The van der Waals surface area contributed by atoms with Gasteiger partial charge in [0.25, 0.3) is 0 Å². The van der Waals surface area contributed by atoms with Crippen LogP contribution < -0.4 is 5.76 Å². The van der Waals surface area contributed by atoms with E-state index in [0.717, 1.165) is 4.68 Å². The molecule has 0 unspecified atom stereocenters. The highest BCUT2D eigenvalue weighted by atomic mass is 19.1. The molecule has 0 bridgehead atoms. The molecule has 2 heterocycles. The summed E-state index contributed by atoms with van der Waals surface area (Å²) in [4.78, 5) is 26.3. The molecular formula is C14H10FN3O3. The van der Waals surface area contributed by atoms with Crippen LogP contribution in [0.15, 0.2) is 51.8 Å². The van der Waals surface area contributed by atoms with Crippen LogP contribution in [-0.2, 0) is 6.54 Å². The molecule has 1 aromatic carbocycles. The van der Waals surface area contributed by atoms with E-state index in [-0.39, 0.29) is 18.2 Å². The van der Waals surface area contributed by atoms with Crippen molar-refractivity contribution in [3.05, 3.63) is 64.7 Å². The third-order valence-corrected chi connectivity index (χ3v) is 2.89. The summed E-state index contributed by atoms with van der Waals surface area (Å²) in [5.74, 6) is -1.39. The van der Waals surface area contributed by atoms with E-state index in [1.54, 1.807) is 18.3 Å². The molecule has 0 spiro atoms. The van der Waals surface area contributed by atoms with E-state index < -0.39 is 11.6 Å². The van der Waals surface area contributed by atoms with Crippen LogP contribution in [0.2, 0.25) is 0 Å². The third-order valence-electron chi connectivity index (χ3n) is 2.89. The Morgan fingerprint density at radius 2 is 2.05 bits per heavy atom. The van der Waals surface area contributed by atoms with Gasteiger partial charge in [-0.15, -0.1) is 5.10 Å². The molecule has 0 atom stereocenters. The third kappa shape index (κ3) is 2.66. The Bertz CT molecular complexity index is 816. The van der Waals surface area contributed by atoms with Crippen LogP contribution in [0, 0.1) is 5.82 Å². The number of ketones is 1. The second-order valence-corrected chi connectivity index (χ2v) is 4.34. The van der Waals surface area contributed by atoms with Crippen LogP contribution in [0.5, 0.6) is 0 Å². The van der Waals surface area contributed by atoms with Crippen molar-refractivity contribution in [1.29, 1.82) is 0 Å². The van der Waals surface area contributed by atoms with Crippen molar-refractivity contribution in [2.45, 2.75) is 6.54 Å². The smallest absolute Gasteiger partial charge is 0.388 e. The van der Waals surface area contributed by atoms with Crippen molar-refractivity contribution < 1.29 is 13.6 Å². The second-order valence-electron chi connectivity index (χ2n) is 4.34. The van der Waals surface area contributed by atoms with Gasteiger partial charge in [0.05, 0.1) is 5.69 Å². The normalized spacial score (nSPS) is 10.7. The summed E-state index contributed by atoms with van der Waals surface area (Å²) in [5, 5.41) is 3.94. The summed E-state index contributed by atoms with van der Waals surface area (Å²) < 4.78 is 18.8. The zero-order chi connectivity index (χ0) is 14.8. The SMILES string of the molecule is O=C(Cn1nc(-c2ccc(F)cc2)oc1=O)c1ccc[nH]1. The number of benzene rings is 1. The first-order chi connectivity index (χ1) is 10.1. The van der Waals surface area contributed by atoms with Crippen molar-refractivity contribution in [2.24, 2.45) is 0 Å². The Labute approximate surface area is 117 Å². The van der Waals surface area contributed by atoms with E-state index in [4.69, 9.17) is 4.42 Å². The quantitative estimate of drug-likeness (QED) is 0.742. The molecule has 7 heteroatoms. The van der Waals surface area contributed by atoms with Crippen molar-refractivity contribution in [2.75, 3.05) is 0 Å². The number of carbonyl (C=O) groups excluding carboxylic acids is 1. The lowest BCUT2D eigenvalue weighted by molar-refractivity contribution is 0.0960. The van der Waals surface area contributed by atoms with Gasteiger partial charge in [-0.25, -0.2) is 9.18 Å². The molecule has 0 aliphatic rings. The lowest BCUT2D eigenvalue weighted by Gasteiger charge is -1.96. The van der Waals surface area contributed by atoms with Crippen LogP contribution in [0.3, 0.4) is 0 Å². The number of hydrogen-bond donors (Lipinski definition) is 1. The number of aromatic nitrogens is 3. The number of H-pyrrole nitrogens is 1. The molecule has 106 valence electrons. The molecule has 0 saturated heterocycles. The number of Topliss-reactive ketones (excluding diaryl/α,β-unsaturated/α-hetero) is 1. The molecule has 3 rings (SSSR count). The number of aromatic amines is 1. The first-order valence-corrected chi connectivity index (χ1v) is 6.14. The van der Waals surface area contributed by atoms with Crippen LogP contribution in [0.25, 0.3) is 11.5 Å². The van der Waals surface area contributed by atoms with Gasteiger partial charge in [-0.05, 0) is 36.4 Å². The number of nitrogens with one attached hydrogen (secondary N) is 1. The maximum atomic E-state index is 12.8. The number of halogens is 1. The summed E-state index contributed by atoms with van der Waals surface area (Å²) in [6, 6.07) is 8.64. The molecule has 0 amide bonds. The molecule has 6 nitrogen and oxygen atoms in total. The molecule has 2 aromatic heterocycles. The van der Waals surface area contributed by atoms with Gasteiger partial charge in [-0.2, -0.15) is 4.68 Å². The predicted molar refractivity (Wildman–Crippen MR) is 71.3 cm³/mol. The van der Waals surface area contributed by atoms with Gasteiger partial charge in [-0.1, -0.05) is 0 Å². The Kier molecular flexibility index (Phi) is 3.23. The first-order valence-electron chi connectivity index (χ1n) is 6.14. The summed E-state index contributed by atoms with van der Waals surface area (Å²) in [5.41, 5.74) is 0.841. The molecule has 0 aliphatic heterocycles. The van der Waals surface area contributed by atoms with Crippen molar-refractivity contribution in [3.63, 3.8) is 0 Å². The highest BCUT2D eigenvalue weighted by Crippen LogP contribution is 2.15. The molecular weight excluding hydrogens is 277 g/mol. The van der Waals surface area contributed by atoms with Gasteiger partial charge in [0.15, 0.2) is 0 Å². The zero-order valence-corrected chi connectivity index (χ0v) is 10.7. The minimum Gasteiger partial charge on any atom is -0.388 e. The fourth-order valence-electron chi connectivity index (χ4n) is 1.84. The van der Waals surface area contributed by atoms with E-state index in [9.17, 15) is 14.0 Å². The van der Waals surface area contributed by atoms with E-state index in [2.05, 4.69) is 10.1 Å². The standard InChI is InChI=1S/C14H10FN3O3/c15-10-5-3-9(4-6-10)13-17-18(14(20)21-13)8-12(19)11-2-1-7-16-11/h1-7,16H,8H2. The molecule has 21 heavy (non-hydrogen) atoms. The zero-order valence-electron chi connectivity index (χ0n) is 10.7. The second kappa shape index (κ2) is 5.20. The molecule has 0 fully saturated rings. The molecule has 0 aliphatic carbocycles. The fourth-order valence-corrected chi connectivity index (χ4v) is 1.84. The number of nitrogens with zero attached hydrogens (tertiary/aromatic N) is 2. The summed E-state index contributed by atoms with van der Waals surface area (Å²) in [6.07, 6.45) is 1.61. The number of rotatable bonds is 4. The Morgan fingerprint density at radius 1 is 1.29 bits per heavy atom. The van der Waals surface area contributed by atoms with Gasteiger partial charge in [0.1, 0.15) is 12.4 Å². The molecule has 1 N–H and O–H groups in total. The molecule has 0 saturated carbocycles. The molecule has 3 aromatic rings. The van der Waals surface area contributed by atoms with Gasteiger partial charge in [0.2, 0.25) is 11.7 Å². The van der Waals surface area contributed by atoms with Crippen LogP contribution >= 0.6 is 0 Å². The number of hydrogen-bond acceptors (Lipinski definition) is 4. The highest BCUT2D eigenvalue weighted by Gasteiger charge is 2.14. The lowest BCUT2D eigenvalue weighted by Crippen LogP contribution is -2.21. The average molecular weight is 287 g/mol. The number of carbonyl (C=O) groups is 1. The highest BCUT2D eigenvalue weighted by molar-refractivity contribution is 5.94. The van der Waals surface area contributed by atoms with Crippen LogP contribution in [0.4, 0.5) is 4.39 Å². The van der Waals surface area contributed by atoms with Crippen molar-refractivity contribution in [3.8, 4) is 11.5 Å². The van der Waals surface area contributed by atoms with Gasteiger partial charge >= 0.3 is 5.76 Å². The minimum atomic E-state index is -0.741. The van der Waals surface area contributed by atoms with E-state index in [1.807, 2.05) is 0 Å². The van der Waals surface area contributed by atoms with Crippen LogP contribution in [-0.4, -0.2) is 20.5 Å². The van der Waals surface area contributed by atoms with Gasteiger partial charge in [-0.3, -0.25) is 4.79 Å². The predicted octanol–water partition coefficient (Wildman–Crippen LogP) is 1.85. The monoisotopic (exact) mass is 287 g/mol. The molecule has 0 radical (unpaired) electrons. The van der Waals surface area contributed by atoms with E-state index in [1.165, 1.54) is 24.3 Å². The maximum Gasteiger partial charge on any atom is 0.437 e. The topological polar surface area (TPSA) is 80.9 Å². The Morgan fingerprint density at radius 3 is 2.71 bits per heavy atom. The largest absolute Gasteiger partial charge is 0.437 e. The van der Waals surface area contributed by atoms with Gasteiger partial charge in [0, 0.05) is 11.8 Å². The maximum absolute atomic E-state index is 12.8. The average Bonchev–Trinajstić information content (AvgIpc) is 3.10. The van der Waals surface area contributed by atoms with Crippen molar-refractivity contribution in [1.82, 2.24) is 14.8 Å². The summed E-state index contributed by atoms with van der Waals surface area (Å²) in [6.45, 7) is -0.232. The first kappa shape index (κ1) is 13.0. The van der Waals surface area contributed by atoms with Gasteiger partial charge < -0.3 is 9.40 Å². The summed E-state index contributed by atoms with van der Waals surface area (Å²) >= 11 is 0. The minimum absolute atomic E-state index is 0.0410. The van der Waals surface area contributed by atoms with E-state index >= 15 is 0 Å². The Balaban J connectivity index is 1.86. The fraction of sp³-hybridized carbons (Fsp3) is 0.0714. The van der Waals surface area contributed by atoms with E-state index in [0.29, 0.717) is 11.3 Å². The van der Waals surface area contributed by atoms with Crippen LogP contribution in [0.1, 0.15) is 10.5 Å². The van der Waals surface area contributed by atoms with Crippen molar-refractivity contribution >= 4 is 5.78 Å². The lowest BCUT2D eigenvalue weighted by atomic mass is 10.2. The Hall–Kier alpha value is -2.96. The summed E-state index contributed by atoms with van der Waals surface area (Å²) in [7, 11) is 0.